The number of carbonyl (C=O) groups excluding carboxylic acids is 1. The first-order valence-electron chi connectivity index (χ1n) is 9.39. The van der Waals surface area contributed by atoms with Gasteiger partial charge in [-0.15, -0.1) is 0 Å². The molecule has 8 heteroatoms. The van der Waals surface area contributed by atoms with Crippen molar-refractivity contribution in [1.29, 1.82) is 0 Å². The Morgan fingerprint density at radius 3 is 2.65 bits per heavy atom. The molecule has 6 nitrogen and oxygen atoms in total. The lowest BCUT2D eigenvalue weighted by Crippen LogP contribution is -2.10. The van der Waals surface area contributed by atoms with Crippen molar-refractivity contribution in [2.24, 2.45) is 0 Å². The summed E-state index contributed by atoms with van der Waals surface area (Å²) in [5.41, 5.74) is 5.62. The van der Waals surface area contributed by atoms with Crippen molar-refractivity contribution in [2.75, 3.05) is 11.1 Å². The average Bonchev–Trinajstić information content (AvgIpc) is 3.22. The number of fused-ring (bicyclic) bond motifs is 2. The van der Waals surface area contributed by atoms with E-state index in [4.69, 9.17) is 5.73 Å². The van der Waals surface area contributed by atoms with E-state index in [1.807, 2.05) is 42.5 Å². The Morgan fingerprint density at radius 1 is 1.00 bits per heavy atom. The molecule has 5 aromatic rings. The summed E-state index contributed by atoms with van der Waals surface area (Å²) >= 11 is 0. The first-order chi connectivity index (χ1) is 15.0. The highest BCUT2D eigenvalue weighted by Gasteiger charge is 2.25. The van der Waals surface area contributed by atoms with Gasteiger partial charge < -0.3 is 16.0 Å². The molecule has 0 amide bonds. The zero-order valence-corrected chi connectivity index (χ0v) is 16.0. The van der Waals surface area contributed by atoms with E-state index in [9.17, 15) is 13.6 Å². The van der Waals surface area contributed by atoms with Crippen LogP contribution < -0.4 is 11.1 Å². The monoisotopic (exact) mass is 415 g/mol. The molecule has 0 saturated heterocycles. The Labute approximate surface area is 174 Å². The van der Waals surface area contributed by atoms with Crippen LogP contribution in [0, 0.1) is 11.6 Å². The van der Waals surface area contributed by atoms with Crippen molar-refractivity contribution < 1.29 is 13.6 Å². The van der Waals surface area contributed by atoms with Gasteiger partial charge in [0.05, 0.1) is 22.2 Å². The number of benzene rings is 3. The number of aromatic amines is 1. The fraction of sp³-hybridized carbons (Fsp3) is 0. The lowest BCUT2D eigenvalue weighted by atomic mass is 10.0. The minimum Gasteiger partial charge on any atom is -0.396 e. The molecule has 0 atom stereocenters. The van der Waals surface area contributed by atoms with Crippen molar-refractivity contribution >= 4 is 44.8 Å². The summed E-state index contributed by atoms with van der Waals surface area (Å²) in [7, 11) is 0. The Bertz CT molecular complexity index is 1480. The number of anilines is 3. The number of nitrogen functional groups attached to an aromatic ring is 1. The van der Waals surface area contributed by atoms with Crippen LogP contribution in [0.5, 0.6) is 0 Å². The maximum Gasteiger partial charge on any atom is 0.201 e. The molecule has 0 unspecified atom stereocenters. The molecular weight excluding hydrogens is 400 g/mol. The molecule has 0 aliphatic carbocycles. The van der Waals surface area contributed by atoms with Crippen LogP contribution in [0.3, 0.4) is 0 Å². The highest BCUT2D eigenvalue weighted by atomic mass is 19.1. The molecule has 0 bridgehead atoms. The van der Waals surface area contributed by atoms with Gasteiger partial charge in [0.15, 0.2) is 5.82 Å². The zero-order chi connectivity index (χ0) is 21.5. The average molecular weight is 415 g/mol. The Morgan fingerprint density at radius 2 is 1.81 bits per heavy atom. The van der Waals surface area contributed by atoms with Crippen LogP contribution in [0.15, 0.2) is 67.1 Å². The van der Waals surface area contributed by atoms with Crippen LogP contribution in [-0.2, 0) is 0 Å². The van der Waals surface area contributed by atoms with Crippen LogP contribution in [0.2, 0.25) is 0 Å². The van der Waals surface area contributed by atoms with E-state index in [1.165, 1.54) is 12.5 Å². The first kappa shape index (κ1) is 18.7. The smallest absolute Gasteiger partial charge is 0.201 e. The SMILES string of the molecule is Nc1ccc(F)c(C(=O)c2c[nH]c3ncnc(Nc4ccc5ccccc5c4)c23)c1F. The molecule has 152 valence electrons. The molecule has 3 aromatic carbocycles. The second-order valence-electron chi connectivity index (χ2n) is 6.99. The number of rotatable bonds is 4. The maximum absolute atomic E-state index is 14.5. The molecule has 0 radical (unpaired) electrons. The van der Waals surface area contributed by atoms with Gasteiger partial charge in [-0.3, -0.25) is 4.79 Å². The van der Waals surface area contributed by atoms with E-state index in [0.29, 0.717) is 16.9 Å². The van der Waals surface area contributed by atoms with Crippen LogP contribution in [0.4, 0.5) is 26.0 Å². The van der Waals surface area contributed by atoms with Gasteiger partial charge in [-0.1, -0.05) is 30.3 Å². The van der Waals surface area contributed by atoms with E-state index in [1.54, 1.807) is 0 Å². The van der Waals surface area contributed by atoms with Crippen LogP contribution in [0.1, 0.15) is 15.9 Å². The van der Waals surface area contributed by atoms with Crippen LogP contribution in [0.25, 0.3) is 21.8 Å². The van der Waals surface area contributed by atoms with Gasteiger partial charge in [-0.2, -0.15) is 0 Å². The van der Waals surface area contributed by atoms with Crippen LogP contribution >= 0.6 is 0 Å². The number of nitrogens with zero attached hydrogens (tertiary/aromatic N) is 2. The Kier molecular flexibility index (Phi) is 4.32. The van der Waals surface area contributed by atoms with Gasteiger partial charge in [-0.05, 0) is 35.0 Å². The van der Waals surface area contributed by atoms with E-state index in [-0.39, 0.29) is 11.3 Å². The van der Waals surface area contributed by atoms with E-state index < -0.39 is 23.0 Å². The summed E-state index contributed by atoms with van der Waals surface area (Å²) in [4.78, 5) is 24.3. The van der Waals surface area contributed by atoms with E-state index >= 15 is 0 Å². The van der Waals surface area contributed by atoms with Gasteiger partial charge in [0.25, 0.3) is 0 Å². The molecule has 0 aliphatic heterocycles. The second-order valence-corrected chi connectivity index (χ2v) is 6.99. The number of ketones is 1. The fourth-order valence-corrected chi connectivity index (χ4v) is 3.55. The third kappa shape index (κ3) is 3.14. The number of H-pyrrole nitrogens is 1. The Balaban J connectivity index is 1.62. The van der Waals surface area contributed by atoms with Crippen molar-refractivity contribution in [3.63, 3.8) is 0 Å². The van der Waals surface area contributed by atoms with Crippen molar-refractivity contribution in [1.82, 2.24) is 15.0 Å². The molecule has 0 fully saturated rings. The van der Waals surface area contributed by atoms with E-state index in [0.717, 1.165) is 28.6 Å². The second kappa shape index (κ2) is 7.17. The summed E-state index contributed by atoms with van der Waals surface area (Å²) < 4.78 is 28.8. The zero-order valence-electron chi connectivity index (χ0n) is 16.0. The highest BCUT2D eigenvalue weighted by molar-refractivity contribution is 6.18. The lowest BCUT2D eigenvalue weighted by Gasteiger charge is -2.10. The first-order valence-corrected chi connectivity index (χ1v) is 9.39. The van der Waals surface area contributed by atoms with Crippen molar-refractivity contribution in [3.8, 4) is 0 Å². The largest absolute Gasteiger partial charge is 0.396 e. The molecule has 0 saturated carbocycles. The molecule has 0 aliphatic rings. The number of nitrogens with two attached hydrogens (primary N) is 1. The summed E-state index contributed by atoms with van der Waals surface area (Å²) in [6.45, 7) is 0. The van der Waals surface area contributed by atoms with Gasteiger partial charge in [0.2, 0.25) is 5.78 Å². The third-order valence-corrected chi connectivity index (χ3v) is 5.07. The number of aromatic nitrogens is 3. The maximum atomic E-state index is 14.5. The molecule has 31 heavy (non-hydrogen) atoms. The number of hydrogen-bond acceptors (Lipinski definition) is 5. The fourth-order valence-electron chi connectivity index (χ4n) is 3.55. The van der Waals surface area contributed by atoms with Gasteiger partial charge in [0, 0.05) is 11.9 Å². The number of halogens is 2. The number of hydrogen-bond donors (Lipinski definition) is 3. The molecule has 5 rings (SSSR count). The molecule has 4 N–H and O–H groups in total. The predicted octanol–water partition coefficient (Wildman–Crippen LogP) is 4.95. The normalized spacial score (nSPS) is 11.2. The minimum absolute atomic E-state index is 0.0299. The van der Waals surface area contributed by atoms with E-state index in [2.05, 4.69) is 20.3 Å². The minimum atomic E-state index is -1.10. The van der Waals surface area contributed by atoms with Crippen molar-refractivity contribution in [3.05, 3.63) is 89.9 Å². The standard InChI is InChI=1S/C23H15F2N5O/c24-16-7-8-17(26)20(25)19(16)21(31)15-10-27-22-18(15)23(29-11-28-22)30-14-6-5-12-3-1-2-4-13(12)9-14/h1-11H,26H2,(H2,27,28,29,30). The molecule has 2 heterocycles. The lowest BCUT2D eigenvalue weighted by molar-refractivity contribution is 0.103. The molecular formula is C23H15F2N5O. The summed E-state index contributed by atoms with van der Waals surface area (Å²) in [5.74, 6) is -2.62. The summed E-state index contributed by atoms with van der Waals surface area (Å²) in [5, 5.41) is 5.59. The summed E-state index contributed by atoms with van der Waals surface area (Å²) in [6.07, 6.45) is 2.69. The van der Waals surface area contributed by atoms with Gasteiger partial charge in [-0.25, -0.2) is 18.7 Å². The number of nitrogens with one attached hydrogen (secondary N) is 2. The molecule has 0 spiro atoms. The third-order valence-electron chi connectivity index (χ3n) is 5.07. The molecule has 2 aromatic heterocycles. The topological polar surface area (TPSA) is 96.7 Å². The quantitative estimate of drug-likeness (QED) is 0.285. The van der Waals surface area contributed by atoms with Crippen LogP contribution in [-0.4, -0.2) is 20.7 Å². The van der Waals surface area contributed by atoms with Gasteiger partial charge >= 0.3 is 0 Å². The van der Waals surface area contributed by atoms with Gasteiger partial charge in [0.1, 0.15) is 23.6 Å². The highest BCUT2D eigenvalue weighted by Crippen LogP contribution is 2.31. The summed E-state index contributed by atoms with van der Waals surface area (Å²) in [6, 6.07) is 15.7. The predicted molar refractivity (Wildman–Crippen MR) is 115 cm³/mol. The number of carbonyl (C=O) groups is 1. The van der Waals surface area contributed by atoms with Crippen molar-refractivity contribution in [2.45, 2.75) is 0 Å². The Hall–Kier alpha value is -4.33.